The molecule has 0 atom stereocenters. The lowest BCUT2D eigenvalue weighted by Gasteiger charge is -2.10. The van der Waals surface area contributed by atoms with Crippen LogP contribution < -0.4 is 4.90 Å². The van der Waals surface area contributed by atoms with E-state index >= 15 is 0 Å². The van der Waals surface area contributed by atoms with Gasteiger partial charge in [0.1, 0.15) is 0 Å². The molecule has 4 heteroatoms. The first-order valence-electron chi connectivity index (χ1n) is 3.86. The second-order valence-electron chi connectivity index (χ2n) is 2.84. The first kappa shape index (κ1) is 12.3. The Hall–Kier alpha value is -0.740. The van der Waals surface area contributed by atoms with E-state index in [1.54, 1.807) is 24.9 Å². The van der Waals surface area contributed by atoms with Gasteiger partial charge in [0.25, 0.3) is 0 Å². The molecule has 0 radical (unpaired) electrons. The molecule has 0 unspecified atom stereocenters. The summed E-state index contributed by atoms with van der Waals surface area (Å²) in [5, 5.41) is 0. The summed E-state index contributed by atoms with van der Waals surface area (Å²) in [6.07, 6.45) is 6.85. The smallest absolute Gasteiger partial charge is 0.0946 e. The van der Waals surface area contributed by atoms with Crippen molar-refractivity contribution in [1.82, 2.24) is 4.98 Å². The fourth-order valence-corrected chi connectivity index (χ4v) is 0.642. The maximum atomic E-state index is 9.56. The van der Waals surface area contributed by atoms with Crippen molar-refractivity contribution in [3.63, 3.8) is 0 Å². The van der Waals surface area contributed by atoms with E-state index in [4.69, 9.17) is 0 Å². The minimum Gasteiger partial charge on any atom is -0.617 e. The molecule has 1 aromatic heterocycles. The molecule has 0 spiro atoms. The van der Waals surface area contributed by atoms with Crippen molar-refractivity contribution in [2.45, 2.75) is 0 Å². The van der Waals surface area contributed by atoms with Crippen molar-refractivity contribution in [3.05, 3.63) is 24.5 Å². The fraction of sp³-hybridized carbons (Fsp3) is 0.444. The number of hydrogen-bond acceptors (Lipinski definition) is 3. The highest BCUT2D eigenvalue weighted by molar-refractivity contribution is 7.89. The largest absolute Gasteiger partial charge is 0.617 e. The molecule has 0 amide bonds. The Labute approximate surface area is 83.0 Å². The number of rotatable bonds is 1. The van der Waals surface area contributed by atoms with Crippen LogP contribution in [0.5, 0.6) is 0 Å². The molecule has 0 aromatic carbocycles. The predicted octanol–water partition coefficient (Wildman–Crippen LogP) is 1.14. The quantitative estimate of drug-likeness (QED) is 0.638. The highest BCUT2D eigenvalue weighted by Gasteiger charge is 1.88. The molecule has 74 valence electrons. The van der Waals surface area contributed by atoms with Crippen molar-refractivity contribution in [1.29, 1.82) is 0 Å². The van der Waals surface area contributed by atoms with E-state index in [1.807, 2.05) is 31.1 Å². The fourth-order valence-electron chi connectivity index (χ4n) is 0.642. The molecule has 0 bridgehead atoms. The lowest BCUT2D eigenvalue weighted by Crippen LogP contribution is -2.07. The minimum atomic E-state index is -0.611. The minimum absolute atomic E-state index is 0.611. The Bertz CT molecular complexity index is 211. The molecule has 0 aliphatic rings. The van der Waals surface area contributed by atoms with Crippen LogP contribution in [-0.4, -0.2) is 36.1 Å². The van der Waals surface area contributed by atoms with Crippen LogP contribution in [0.4, 0.5) is 5.69 Å². The molecule has 0 saturated carbocycles. The molecule has 0 aliphatic heterocycles. The molecular formula is C9H16N2OS. The molecular weight excluding hydrogens is 184 g/mol. The summed E-state index contributed by atoms with van der Waals surface area (Å²) >= 11 is -0.611. The average molecular weight is 200 g/mol. The number of hydrogen-bond donors (Lipinski definition) is 0. The van der Waals surface area contributed by atoms with E-state index in [0.29, 0.717) is 0 Å². The molecule has 0 aliphatic carbocycles. The zero-order valence-electron chi connectivity index (χ0n) is 8.52. The summed E-state index contributed by atoms with van der Waals surface area (Å²) in [6.45, 7) is 0. The van der Waals surface area contributed by atoms with E-state index in [1.165, 1.54) is 5.69 Å². The normalized spacial score (nSPS) is 9.08. The first-order valence-corrected chi connectivity index (χ1v) is 5.83. The zero-order valence-corrected chi connectivity index (χ0v) is 9.34. The third kappa shape index (κ3) is 7.62. The van der Waals surface area contributed by atoms with Crippen LogP contribution >= 0.6 is 0 Å². The molecule has 13 heavy (non-hydrogen) atoms. The summed E-state index contributed by atoms with van der Waals surface area (Å²) in [6, 6.07) is 3.94. The van der Waals surface area contributed by atoms with Gasteiger partial charge in [-0.25, -0.2) is 0 Å². The predicted molar refractivity (Wildman–Crippen MR) is 58.6 cm³/mol. The second kappa shape index (κ2) is 6.74. The Morgan fingerprint density at radius 1 is 1.23 bits per heavy atom. The maximum Gasteiger partial charge on any atom is 0.0946 e. The topological polar surface area (TPSA) is 39.2 Å². The van der Waals surface area contributed by atoms with Crippen LogP contribution in [0.2, 0.25) is 0 Å². The monoisotopic (exact) mass is 200 g/mol. The Morgan fingerprint density at radius 3 is 1.85 bits per heavy atom. The van der Waals surface area contributed by atoms with E-state index in [-0.39, 0.29) is 0 Å². The van der Waals surface area contributed by atoms with Crippen LogP contribution in [0, 0.1) is 0 Å². The molecule has 0 saturated heterocycles. The lowest BCUT2D eigenvalue weighted by atomic mass is 10.4. The van der Waals surface area contributed by atoms with Crippen LogP contribution in [0.15, 0.2) is 24.5 Å². The number of aromatic nitrogens is 1. The van der Waals surface area contributed by atoms with E-state index in [2.05, 4.69) is 4.98 Å². The average Bonchev–Trinajstić information content (AvgIpc) is 2.05. The van der Waals surface area contributed by atoms with E-state index in [0.717, 1.165) is 0 Å². The molecule has 1 rings (SSSR count). The Morgan fingerprint density at radius 2 is 1.62 bits per heavy atom. The Kier molecular flexibility index (Phi) is 6.36. The van der Waals surface area contributed by atoms with Gasteiger partial charge < -0.3 is 9.45 Å². The molecule has 1 aromatic rings. The van der Waals surface area contributed by atoms with Crippen molar-refractivity contribution in [3.8, 4) is 0 Å². The summed E-state index contributed by atoms with van der Waals surface area (Å²) in [4.78, 5) is 5.94. The highest BCUT2D eigenvalue weighted by Crippen LogP contribution is 2.05. The van der Waals surface area contributed by atoms with Gasteiger partial charge in [-0.2, -0.15) is 0 Å². The standard InChI is InChI=1S/C7H10N2.C2H6OS/c1-9(2)7-3-5-8-6-4-7;1-4(2)3/h3-6H,1-2H3;1-2H3. The third-order valence-electron chi connectivity index (χ3n) is 1.18. The highest BCUT2D eigenvalue weighted by atomic mass is 32.2. The van der Waals surface area contributed by atoms with Crippen molar-refractivity contribution < 1.29 is 4.55 Å². The second-order valence-corrected chi connectivity index (χ2v) is 4.32. The first-order chi connectivity index (χ1) is 6.04. The van der Waals surface area contributed by atoms with Crippen molar-refractivity contribution in [2.24, 2.45) is 0 Å². The Balaban J connectivity index is 0.000000310. The third-order valence-corrected chi connectivity index (χ3v) is 1.18. The molecule has 0 N–H and O–H groups in total. The van der Waals surface area contributed by atoms with Gasteiger partial charge in [0, 0.05) is 32.2 Å². The molecule has 3 nitrogen and oxygen atoms in total. The zero-order chi connectivity index (χ0) is 10.3. The van der Waals surface area contributed by atoms with E-state index in [9.17, 15) is 4.55 Å². The van der Waals surface area contributed by atoms with Gasteiger partial charge in [-0.3, -0.25) is 4.98 Å². The summed E-state index contributed by atoms with van der Waals surface area (Å²) in [5.74, 6) is 0. The summed E-state index contributed by atoms with van der Waals surface area (Å²) < 4.78 is 9.56. The maximum absolute atomic E-state index is 9.56. The van der Waals surface area contributed by atoms with Gasteiger partial charge >= 0.3 is 0 Å². The van der Waals surface area contributed by atoms with Gasteiger partial charge in [-0.15, -0.1) is 0 Å². The van der Waals surface area contributed by atoms with Crippen LogP contribution in [-0.2, 0) is 11.2 Å². The van der Waals surface area contributed by atoms with Gasteiger partial charge in [-0.1, -0.05) is 11.2 Å². The summed E-state index contributed by atoms with van der Waals surface area (Å²) in [7, 11) is 4.02. The lowest BCUT2D eigenvalue weighted by molar-refractivity contribution is 0.606. The van der Waals surface area contributed by atoms with Gasteiger partial charge in [0.15, 0.2) is 0 Å². The SMILES string of the molecule is CN(C)c1ccncc1.C[S+](C)[O-]. The van der Waals surface area contributed by atoms with Crippen molar-refractivity contribution in [2.75, 3.05) is 31.5 Å². The molecule has 0 fully saturated rings. The van der Waals surface area contributed by atoms with Gasteiger partial charge in [0.2, 0.25) is 0 Å². The van der Waals surface area contributed by atoms with Gasteiger partial charge in [-0.05, 0) is 12.1 Å². The number of nitrogens with zero attached hydrogens (tertiary/aromatic N) is 2. The summed E-state index contributed by atoms with van der Waals surface area (Å²) in [5.41, 5.74) is 1.19. The van der Waals surface area contributed by atoms with Crippen LogP contribution in [0.3, 0.4) is 0 Å². The van der Waals surface area contributed by atoms with Crippen molar-refractivity contribution >= 4 is 16.9 Å². The number of pyridine rings is 1. The van der Waals surface area contributed by atoms with Crippen LogP contribution in [0.1, 0.15) is 0 Å². The van der Waals surface area contributed by atoms with Gasteiger partial charge in [0.05, 0.1) is 12.5 Å². The molecule has 1 heterocycles. The van der Waals surface area contributed by atoms with Crippen LogP contribution in [0.25, 0.3) is 0 Å². The number of anilines is 1. The van der Waals surface area contributed by atoms with E-state index < -0.39 is 11.2 Å².